The first-order valence-electron chi connectivity index (χ1n) is 18.0. The molecular weight excluding hydrogens is 637 g/mol. The van der Waals surface area contributed by atoms with Crippen molar-refractivity contribution < 1.29 is 24.2 Å². The van der Waals surface area contributed by atoms with Crippen molar-refractivity contribution in [3.8, 4) is 16.2 Å². The molecule has 3 heterocycles. The van der Waals surface area contributed by atoms with Crippen molar-refractivity contribution in [1.82, 2.24) is 14.9 Å². The van der Waals surface area contributed by atoms with E-state index in [4.69, 9.17) is 14.5 Å². The fourth-order valence-corrected chi connectivity index (χ4v) is 8.58. The van der Waals surface area contributed by atoms with Gasteiger partial charge in [-0.1, -0.05) is 26.0 Å². The molecule has 2 aromatic heterocycles. The number of benzene rings is 1. The third kappa shape index (κ3) is 7.65. The summed E-state index contributed by atoms with van der Waals surface area (Å²) in [5.41, 5.74) is 2.95. The molecule has 1 unspecified atom stereocenters. The SMILES string of the molecule is COc1ccc(C2CCC(CN(C(=O)C3CCC(OC(=O)N4CC(O)C4(C)C)CC3)c3cc(-c4cnc(C(C)C)s4)ccn3)CC2)cc1C. The highest BCUT2D eigenvalue weighted by Gasteiger charge is 2.49. The predicted octanol–water partition coefficient (Wildman–Crippen LogP) is 8.10. The van der Waals surface area contributed by atoms with Crippen LogP contribution in [0.1, 0.15) is 107 Å². The lowest BCUT2D eigenvalue weighted by Crippen LogP contribution is -2.69. The molecule has 6 rings (SSSR count). The Kier molecular flexibility index (Phi) is 10.7. The molecular formula is C39H52N4O5S. The van der Waals surface area contributed by atoms with Crippen LogP contribution in [0.2, 0.25) is 0 Å². The number of thiazole rings is 1. The van der Waals surface area contributed by atoms with Crippen molar-refractivity contribution in [3.63, 3.8) is 0 Å². The zero-order valence-electron chi connectivity index (χ0n) is 29.9. The maximum absolute atomic E-state index is 14.4. The standard InChI is InChI=1S/C39H52N4O5S/c1-24(2)36-41-21-33(49-36)30-17-18-40-35(20-30)42(22-26-7-9-27(10-8-26)29-13-16-32(47-6)25(3)19-29)37(45)28-11-14-31(15-12-28)48-38(46)43-23-34(44)39(43,4)5/h13,16-21,24,26-28,31,34,44H,7-12,14-15,22-23H2,1-6H3. The Morgan fingerprint density at radius 1 is 1.04 bits per heavy atom. The van der Waals surface area contributed by atoms with E-state index in [1.807, 2.05) is 37.2 Å². The van der Waals surface area contributed by atoms with Crippen LogP contribution in [-0.2, 0) is 9.53 Å². The summed E-state index contributed by atoms with van der Waals surface area (Å²) in [5, 5.41) is 11.1. The number of hydrogen-bond acceptors (Lipinski definition) is 8. The van der Waals surface area contributed by atoms with Crippen LogP contribution in [0.25, 0.3) is 10.4 Å². The number of aliphatic hydroxyl groups excluding tert-OH is 1. The van der Waals surface area contributed by atoms with Crippen LogP contribution >= 0.6 is 11.3 Å². The van der Waals surface area contributed by atoms with Gasteiger partial charge in [0, 0.05) is 30.8 Å². The molecule has 264 valence electrons. The molecule has 0 radical (unpaired) electrons. The van der Waals surface area contributed by atoms with Crippen LogP contribution < -0.4 is 9.64 Å². The molecule has 1 saturated heterocycles. The first kappa shape index (κ1) is 35.3. The Morgan fingerprint density at radius 2 is 1.78 bits per heavy atom. The molecule has 1 aliphatic heterocycles. The number of anilines is 1. The van der Waals surface area contributed by atoms with Crippen LogP contribution in [0, 0.1) is 18.8 Å². The monoisotopic (exact) mass is 688 g/mol. The number of carbonyl (C=O) groups excluding carboxylic acids is 2. The summed E-state index contributed by atoms with van der Waals surface area (Å²) in [6, 6.07) is 10.6. The van der Waals surface area contributed by atoms with E-state index in [-0.39, 0.29) is 24.0 Å². The third-order valence-corrected chi connectivity index (χ3v) is 12.5. The summed E-state index contributed by atoms with van der Waals surface area (Å²) < 4.78 is 11.3. The largest absolute Gasteiger partial charge is 0.496 e. The minimum absolute atomic E-state index is 0.113. The van der Waals surface area contributed by atoms with E-state index >= 15 is 0 Å². The number of hydrogen-bond donors (Lipinski definition) is 1. The minimum atomic E-state index is -0.617. The van der Waals surface area contributed by atoms with Gasteiger partial charge in [-0.25, -0.2) is 14.8 Å². The van der Waals surface area contributed by atoms with Gasteiger partial charge in [-0.2, -0.15) is 0 Å². The Balaban J connectivity index is 1.15. The van der Waals surface area contributed by atoms with Gasteiger partial charge in [-0.15, -0.1) is 11.3 Å². The van der Waals surface area contributed by atoms with Gasteiger partial charge in [0.05, 0.1) is 35.2 Å². The zero-order valence-corrected chi connectivity index (χ0v) is 30.7. The van der Waals surface area contributed by atoms with Crippen molar-refractivity contribution in [2.45, 2.75) is 116 Å². The van der Waals surface area contributed by atoms with Gasteiger partial charge in [0.15, 0.2) is 0 Å². The van der Waals surface area contributed by atoms with Gasteiger partial charge in [-0.3, -0.25) is 14.6 Å². The maximum Gasteiger partial charge on any atom is 0.410 e. The van der Waals surface area contributed by atoms with Gasteiger partial charge in [0.2, 0.25) is 5.91 Å². The van der Waals surface area contributed by atoms with E-state index in [0.29, 0.717) is 62.3 Å². The number of aromatic nitrogens is 2. The topological polar surface area (TPSA) is 105 Å². The number of likely N-dealkylation sites (tertiary alicyclic amines) is 1. The molecule has 10 heteroatoms. The van der Waals surface area contributed by atoms with Crippen molar-refractivity contribution in [1.29, 1.82) is 0 Å². The van der Waals surface area contributed by atoms with Crippen LogP contribution in [0.5, 0.6) is 5.75 Å². The molecule has 49 heavy (non-hydrogen) atoms. The Morgan fingerprint density at radius 3 is 2.39 bits per heavy atom. The molecule has 1 aromatic carbocycles. The minimum Gasteiger partial charge on any atom is -0.496 e. The van der Waals surface area contributed by atoms with Crippen LogP contribution in [0.4, 0.5) is 10.6 Å². The number of pyridine rings is 1. The highest BCUT2D eigenvalue weighted by molar-refractivity contribution is 7.15. The number of rotatable bonds is 9. The van der Waals surface area contributed by atoms with Crippen molar-refractivity contribution in [3.05, 3.63) is 58.9 Å². The zero-order chi connectivity index (χ0) is 34.9. The maximum atomic E-state index is 14.4. The molecule has 0 bridgehead atoms. The molecule has 9 nitrogen and oxygen atoms in total. The lowest BCUT2D eigenvalue weighted by molar-refractivity contribution is -0.125. The normalized spacial score (nSPS) is 25.1. The quantitative estimate of drug-likeness (QED) is 0.242. The summed E-state index contributed by atoms with van der Waals surface area (Å²) >= 11 is 1.69. The number of nitrogens with zero attached hydrogens (tertiary/aromatic N) is 4. The van der Waals surface area contributed by atoms with Crippen LogP contribution in [0.3, 0.4) is 0 Å². The lowest BCUT2D eigenvalue weighted by Gasteiger charge is -2.51. The van der Waals surface area contributed by atoms with Crippen molar-refractivity contribution in [2.24, 2.45) is 11.8 Å². The Labute approximate surface area is 295 Å². The van der Waals surface area contributed by atoms with E-state index in [2.05, 4.69) is 50.0 Å². The molecule has 3 aromatic rings. The Bertz CT molecular complexity index is 1620. The number of ether oxygens (including phenoxy) is 2. The van der Waals surface area contributed by atoms with Gasteiger partial charge in [0.1, 0.15) is 17.7 Å². The van der Waals surface area contributed by atoms with E-state index in [0.717, 1.165) is 46.9 Å². The van der Waals surface area contributed by atoms with E-state index in [1.54, 1.807) is 23.3 Å². The molecule has 2 saturated carbocycles. The molecule has 0 spiro atoms. The van der Waals surface area contributed by atoms with Gasteiger partial charge in [-0.05, 0) is 119 Å². The van der Waals surface area contributed by atoms with E-state index in [1.165, 1.54) is 11.1 Å². The predicted molar refractivity (Wildman–Crippen MR) is 193 cm³/mol. The molecule has 2 amide bonds. The molecule has 1 N–H and O–H groups in total. The fraction of sp³-hybridized carbons (Fsp3) is 0.590. The average molecular weight is 689 g/mol. The smallest absolute Gasteiger partial charge is 0.410 e. The van der Waals surface area contributed by atoms with E-state index in [9.17, 15) is 14.7 Å². The first-order valence-corrected chi connectivity index (χ1v) is 18.8. The fourth-order valence-electron chi connectivity index (χ4n) is 7.66. The third-order valence-electron chi connectivity index (χ3n) is 11.1. The first-order chi connectivity index (χ1) is 23.4. The number of methoxy groups -OCH3 is 1. The summed E-state index contributed by atoms with van der Waals surface area (Å²) in [7, 11) is 1.72. The second-order valence-electron chi connectivity index (χ2n) is 15.2. The van der Waals surface area contributed by atoms with Crippen LogP contribution in [-0.4, -0.2) is 69.9 Å². The number of aryl methyl sites for hydroxylation is 1. The van der Waals surface area contributed by atoms with Crippen molar-refractivity contribution in [2.75, 3.05) is 25.1 Å². The van der Waals surface area contributed by atoms with Gasteiger partial charge >= 0.3 is 6.09 Å². The highest BCUT2D eigenvalue weighted by atomic mass is 32.1. The molecule has 1 atom stereocenters. The average Bonchev–Trinajstić information content (AvgIpc) is 3.61. The van der Waals surface area contributed by atoms with Crippen LogP contribution in [0.15, 0.2) is 42.7 Å². The van der Waals surface area contributed by atoms with Crippen molar-refractivity contribution >= 4 is 29.2 Å². The molecule has 3 aliphatic rings. The number of β-amino-alcohol motifs (C(OH)–C–C–N with tert-alkyl or cyclic N) is 1. The lowest BCUT2D eigenvalue weighted by atomic mass is 9.78. The second kappa shape index (κ2) is 14.8. The summed E-state index contributed by atoms with van der Waals surface area (Å²) in [4.78, 5) is 41.3. The number of carbonyl (C=O) groups is 2. The number of aliphatic hydroxyl groups is 1. The Hall–Kier alpha value is -3.50. The molecule has 2 aliphatic carbocycles. The van der Waals surface area contributed by atoms with Gasteiger partial charge in [0.25, 0.3) is 0 Å². The second-order valence-corrected chi connectivity index (χ2v) is 16.2. The highest BCUT2D eigenvalue weighted by Crippen LogP contribution is 2.40. The van der Waals surface area contributed by atoms with Gasteiger partial charge < -0.3 is 14.6 Å². The molecule has 3 fully saturated rings. The summed E-state index contributed by atoms with van der Waals surface area (Å²) in [5.74, 6) is 2.82. The number of amides is 2. The van der Waals surface area contributed by atoms with E-state index < -0.39 is 11.6 Å². The summed E-state index contributed by atoms with van der Waals surface area (Å²) in [6.07, 6.45) is 9.49. The summed E-state index contributed by atoms with van der Waals surface area (Å²) in [6.45, 7) is 11.0.